The van der Waals surface area contributed by atoms with Crippen LogP contribution in [0.2, 0.25) is 0 Å². The molecule has 0 radical (unpaired) electrons. The molecule has 3 aliphatic rings. The van der Waals surface area contributed by atoms with Crippen LogP contribution in [-0.2, 0) is 4.74 Å². The monoisotopic (exact) mass is 224 g/mol. The van der Waals surface area contributed by atoms with Crippen molar-refractivity contribution in [3.63, 3.8) is 0 Å². The zero-order valence-electron chi connectivity index (χ0n) is 10.6. The third kappa shape index (κ3) is 2.13. The average molecular weight is 224 g/mol. The quantitative estimate of drug-likeness (QED) is 0.734. The van der Waals surface area contributed by atoms with Crippen molar-refractivity contribution >= 4 is 0 Å². The zero-order chi connectivity index (χ0) is 11.2. The van der Waals surface area contributed by atoms with Gasteiger partial charge >= 0.3 is 0 Å². The number of hydrogen-bond acceptors (Lipinski definition) is 3. The molecular formula is C13H24N2O. The van der Waals surface area contributed by atoms with Gasteiger partial charge in [-0.05, 0) is 33.1 Å². The van der Waals surface area contributed by atoms with E-state index in [1.165, 1.54) is 25.9 Å². The molecule has 16 heavy (non-hydrogen) atoms. The summed E-state index contributed by atoms with van der Waals surface area (Å²) < 4.78 is 6.31. The van der Waals surface area contributed by atoms with Crippen LogP contribution in [0.3, 0.4) is 0 Å². The Morgan fingerprint density at radius 2 is 1.81 bits per heavy atom. The van der Waals surface area contributed by atoms with Gasteiger partial charge in [0.2, 0.25) is 0 Å². The minimum atomic E-state index is -0.00681. The molecule has 2 aliphatic heterocycles. The van der Waals surface area contributed by atoms with Crippen LogP contribution in [0.1, 0.15) is 46.0 Å². The molecule has 0 aromatic carbocycles. The Balaban J connectivity index is 1.62. The van der Waals surface area contributed by atoms with Gasteiger partial charge in [0, 0.05) is 38.5 Å². The molecule has 0 aromatic rings. The zero-order valence-corrected chi connectivity index (χ0v) is 10.6. The normalized spacial score (nSPS) is 34.1. The molecule has 3 heteroatoms. The van der Waals surface area contributed by atoms with Gasteiger partial charge in [-0.1, -0.05) is 0 Å². The highest BCUT2D eigenvalue weighted by atomic mass is 16.5. The average Bonchev–Trinajstić information content (AvgIpc) is 3.00. The van der Waals surface area contributed by atoms with Crippen LogP contribution in [-0.4, -0.2) is 41.9 Å². The number of rotatable bonds is 1. The molecule has 3 rings (SSSR count). The van der Waals surface area contributed by atoms with E-state index in [0.717, 1.165) is 31.8 Å². The Morgan fingerprint density at radius 3 is 2.38 bits per heavy atom. The Bertz CT molecular complexity index is 265. The largest absolute Gasteiger partial charge is 0.355 e. The van der Waals surface area contributed by atoms with Gasteiger partial charge in [0.25, 0.3) is 0 Å². The first-order chi connectivity index (χ1) is 7.59. The van der Waals surface area contributed by atoms with Gasteiger partial charge in [-0.3, -0.25) is 5.32 Å². The summed E-state index contributed by atoms with van der Waals surface area (Å²) in [7, 11) is 0. The molecule has 2 heterocycles. The number of likely N-dealkylation sites (tertiary alicyclic amines) is 1. The van der Waals surface area contributed by atoms with Crippen molar-refractivity contribution in [2.45, 2.75) is 63.3 Å². The molecular weight excluding hydrogens is 200 g/mol. The van der Waals surface area contributed by atoms with E-state index in [2.05, 4.69) is 24.1 Å². The summed E-state index contributed by atoms with van der Waals surface area (Å²) in [5.41, 5.74) is 0.0557. The van der Waals surface area contributed by atoms with Gasteiger partial charge in [-0.15, -0.1) is 0 Å². The van der Waals surface area contributed by atoms with Crippen molar-refractivity contribution in [3.8, 4) is 0 Å². The fraction of sp³-hybridized carbons (Fsp3) is 1.00. The van der Waals surface area contributed by atoms with Gasteiger partial charge in [-0.25, -0.2) is 0 Å². The van der Waals surface area contributed by atoms with Crippen molar-refractivity contribution in [1.82, 2.24) is 10.2 Å². The number of hydrogen-bond donors (Lipinski definition) is 1. The summed E-state index contributed by atoms with van der Waals surface area (Å²) in [5, 5.41) is 3.62. The third-order valence-electron chi connectivity index (χ3n) is 4.31. The van der Waals surface area contributed by atoms with Crippen molar-refractivity contribution in [2.75, 3.05) is 19.6 Å². The second-order valence-corrected chi connectivity index (χ2v) is 6.30. The van der Waals surface area contributed by atoms with Gasteiger partial charge in [-0.2, -0.15) is 0 Å². The maximum atomic E-state index is 6.31. The fourth-order valence-electron chi connectivity index (χ4n) is 3.18. The second kappa shape index (κ2) is 3.69. The molecule has 3 nitrogen and oxygen atoms in total. The second-order valence-electron chi connectivity index (χ2n) is 6.30. The van der Waals surface area contributed by atoms with Crippen molar-refractivity contribution < 1.29 is 4.74 Å². The van der Waals surface area contributed by atoms with Gasteiger partial charge in [0.15, 0.2) is 0 Å². The van der Waals surface area contributed by atoms with E-state index in [4.69, 9.17) is 4.74 Å². The van der Waals surface area contributed by atoms with E-state index in [0.29, 0.717) is 0 Å². The molecule has 2 saturated heterocycles. The van der Waals surface area contributed by atoms with Crippen LogP contribution in [0.15, 0.2) is 0 Å². The Kier molecular flexibility index (Phi) is 2.54. The van der Waals surface area contributed by atoms with E-state index in [1.54, 1.807) is 0 Å². The van der Waals surface area contributed by atoms with E-state index >= 15 is 0 Å². The lowest BCUT2D eigenvalue weighted by atomic mass is 9.93. The topological polar surface area (TPSA) is 24.5 Å². The minimum absolute atomic E-state index is 0.00681. The number of nitrogens with zero attached hydrogens (tertiary/aromatic N) is 1. The highest BCUT2D eigenvalue weighted by molar-refractivity contribution is 4.95. The molecule has 0 amide bonds. The van der Waals surface area contributed by atoms with Gasteiger partial charge < -0.3 is 9.64 Å². The van der Waals surface area contributed by atoms with Crippen molar-refractivity contribution in [2.24, 2.45) is 0 Å². The third-order valence-corrected chi connectivity index (χ3v) is 4.31. The summed E-state index contributed by atoms with van der Waals surface area (Å²) in [5.74, 6) is 0. The predicted octanol–water partition coefficient (Wildman–Crippen LogP) is 1.73. The van der Waals surface area contributed by atoms with Crippen LogP contribution >= 0.6 is 0 Å². The van der Waals surface area contributed by atoms with E-state index in [9.17, 15) is 0 Å². The summed E-state index contributed by atoms with van der Waals surface area (Å²) in [6.45, 7) is 7.99. The smallest absolute Gasteiger partial charge is 0.122 e. The SMILES string of the molecule is CC1(C)CCNC2(CCN(C3CC3)CC2)O1. The molecule has 0 unspecified atom stereocenters. The molecule has 1 spiro atoms. The standard InChI is InChI=1S/C13H24N2O/c1-12(2)5-8-14-13(16-12)6-9-15(10-7-13)11-3-4-11/h11,14H,3-10H2,1-2H3. The molecule has 3 fully saturated rings. The van der Waals surface area contributed by atoms with Crippen molar-refractivity contribution in [3.05, 3.63) is 0 Å². The van der Waals surface area contributed by atoms with E-state index in [-0.39, 0.29) is 11.3 Å². The van der Waals surface area contributed by atoms with Crippen LogP contribution in [0.25, 0.3) is 0 Å². The van der Waals surface area contributed by atoms with E-state index < -0.39 is 0 Å². The summed E-state index contributed by atoms with van der Waals surface area (Å²) in [6.07, 6.45) is 6.29. The summed E-state index contributed by atoms with van der Waals surface area (Å²) in [4.78, 5) is 2.65. The predicted molar refractivity (Wildman–Crippen MR) is 64.3 cm³/mol. The fourth-order valence-corrected chi connectivity index (χ4v) is 3.18. The van der Waals surface area contributed by atoms with E-state index in [1.807, 2.05) is 0 Å². The Morgan fingerprint density at radius 1 is 1.12 bits per heavy atom. The van der Waals surface area contributed by atoms with Crippen LogP contribution in [0, 0.1) is 0 Å². The van der Waals surface area contributed by atoms with Crippen LogP contribution in [0.4, 0.5) is 0 Å². The van der Waals surface area contributed by atoms with Crippen molar-refractivity contribution in [1.29, 1.82) is 0 Å². The molecule has 0 aromatic heterocycles. The first-order valence-electron chi connectivity index (χ1n) is 6.78. The molecule has 1 aliphatic carbocycles. The van der Waals surface area contributed by atoms with Crippen LogP contribution in [0.5, 0.6) is 0 Å². The molecule has 0 atom stereocenters. The molecule has 1 saturated carbocycles. The number of nitrogens with one attached hydrogen (secondary N) is 1. The minimum Gasteiger partial charge on any atom is -0.355 e. The summed E-state index contributed by atoms with van der Waals surface area (Å²) >= 11 is 0. The Hall–Kier alpha value is -0.120. The molecule has 1 N–H and O–H groups in total. The number of piperidine rings is 1. The lowest BCUT2D eigenvalue weighted by Gasteiger charge is -2.50. The van der Waals surface area contributed by atoms with Gasteiger partial charge in [0.05, 0.1) is 5.60 Å². The first kappa shape index (κ1) is 11.0. The number of ether oxygens (including phenoxy) is 1. The highest BCUT2D eigenvalue weighted by Crippen LogP contribution is 2.37. The maximum absolute atomic E-state index is 6.31. The lowest BCUT2D eigenvalue weighted by molar-refractivity contribution is -0.204. The maximum Gasteiger partial charge on any atom is 0.122 e. The first-order valence-corrected chi connectivity index (χ1v) is 6.78. The lowest BCUT2D eigenvalue weighted by Crippen LogP contribution is -2.62. The summed E-state index contributed by atoms with van der Waals surface area (Å²) in [6, 6.07) is 0.911. The van der Waals surface area contributed by atoms with Crippen LogP contribution < -0.4 is 5.32 Å². The van der Waals surface area contributed by atoms with Gasteiger partial charge in [0.1, 0.15) is 5.72 Å². The highest BCUT2D eigenvalue weighted by Gasteiger charge is 2.44. The molecule has 92 valence electrons. The molecule has 0 bridgehead atoms. The Labute approximate surface area is 98.5 Å².